The lowest BCUT2D eigenvalue weighted by atomic mass is 9.90. The van der Waals surface area contributed by atoms with E-state index in [-0.39, 0.29) is 11.9 Å². The second kappa shape index (κ2) is 8.96. The highest BCUT2D eigenvalue weighted by Gasteiger charge is 2.19. The molecule has 0 aliphatic carbocycles. The molecule has 0 saturated carbocycles. The van der Waals surface area contributed by atoms with Gasteiger partial charge in [0.05, 0.1) is 18.3 Å². The number of nitrogens with one attached hydrogen (secondary N) is 2. The summed E-state index contributed by atoms with van der Waals surface area (Å²) in [7, 11) is 3.50. The summed E-state index contributed by atoms with van der Waals surface area (Å²) >= 11 is 0. The Balaban J connectivity index is 1.68. The number of amides is 1. The van der Waals surface area contributed by atoms with E-state index in [0.29, 0.717) is 18.1 Å². The summed E-state index contributed by atoms with van der Waals surface area (Å²) in [6.45, 7) is 2.59. The highest BCUT2D eigenvalue weighted by Crippen LogP contribution is 2.19. The number of piperidine rings is 1. The fourth-order valence-corrected chi connectivity index (χ4v) is 3.59. The monoisotopic (exact) mass is 356 g/mol. The summed E-state index contributed by atoms with van der Waals surface area (Å²) in [6, 6.07) is 9.65. The van der Waals surface area contributed by atoms with Gasteiger partial charge in [0.25, 0.3) is 5.91 Å². The third-order valence-corrected chi connectivity index (χ3v) is 5.03. The van der Waals surface area contributed by atoms with Gasteiger partial charge in [0.1, 0.15) is 0 Å². The summed E-state index contributed by atoms with van der Waals surface area (Å²) in [5.74, 6) is 0.616. The zero-order valence-electron chi connectivity index (χ0n) is 15.6. The highest BCUT2D eigenvalue weighted by atomic mass is 16.5. The van der Waals surface area contributed by atoms with Crippen molar-refractivity contribution in [2.24, 2.45) is 13.0 Å². The molecule has 26 heavy (non-hydrogen) atoms. The van der Waals surface area contributed by atoms with Crippen LogP contribution >= 0.6 is 0 Å². The molecule has 0 spiro atoms. The molecule has 1 aliphatic rings. The molecule has 140 valence electrons. The van der Waals surface area contributed by atoms with E-state index in [9.17, 15) is 4.79 Å². The van der Waals surface area contributed by atoms with Crippen LogP contribution in [0.25, 0.3) is 0 Å². The molecule has 1 aliphatic heterocycles. The standard InChI is InChI=1S/C20H28N4O2/c1-24-19(8-11-22-24)18(14-26-2)23-20(25)17-5-3-4-16(13-17)12-15-6-9-21-10-7-15/h3-5,8,11,13,15,18,21H,6-7,9-10,12,14H2,1-2H3,(H,23,25)/t18-/m0/s1. The van der Waals surface area contributed by atoms with Gasteiger partial charge < -0.3 is 15.4 Å². The van der Waals surface area contributed by atoms with Crippen molar-refractivity contribution in [3.63, 3.8) is 0 Å². The predicted octanol–water partition coefficient (Wildman–Crippen LogP) is 2.08. The average Bonchev–Trinajstić information content (AvgIpc) is 3.08. The maximum absolute atomic E-state index is 12.8. The Labute approximate surface area is 154 Å². The topological polar surface area (TPSA) is 68.2 Å². The molecular formula is C20H28N4O2. The lowest BCUT2D eigenvalue weighted by Gasteiger charge is -2.23. The van der Waals surface area contributed by atoms with Crippen molar-refractivity contribution in [2.45, 2.75) is 25.3 Å². The second-order valence-corrected chi connectivity index (χ2v) is 6.96. The number of hydrogen-bond donors (Lipinski definition) is 2. The summed E-state index contributed by atoms with van der Waals surface area (Å²) in [5, 5.41) is 10.7. The average molecular weight is 356 g/mol. The molecule has 1 saturated heterocycles. The van der Waals surface area contributed by atoms with E-state index >= 15 is 0 Å². The van der Waals surface area contributed by atoms with E-state index in [1.54, 1.807) is 18.0 Å². The van der Waals surface area contributed by atoms with Gasteiger partial charge in [-0.1, -0.05) is 12.1 Å². The van der Waals surface area contributed by atoms with Crippen molar-refractivity contribution in [2.75, 3.05) is 26.8 Å². The van der Waals surface area contributed by atoms with E-state index < -0.39 is 0 Å². The third kappa shape index (κ3) is 4.71. The van der Waals surface area contributed by atoms with Crippen LogP contribution in [0.1, 0.15) is 40.5 Å². The van der Waals surface area contributed by atoms with Gasteiger partial charge in [-0.25, -0.2) is 0 Å². The van der Waals surface area contributed by atoms with Gasteiger partial charge in [-0.3, -0.25) is 9.48 Å². The van der Waals surface area contributed by atoms with Gasteiger partial charge in [-0.2, -0.15) is 5.10 Å². The lowest BCUT2D eigenvalue weighted by molar-refractivity contribution is 0.0892. The molecule has 6 heteroatoms. The van der Waals surface area contributed by atoms with E-state index in [1.165, 1.54) is 18.4 Å². The van der Waals surface area contributed by atoms with Crippen LogP contribution in [0.15, 0.2) is 36.5 Å². The number of aromatic nitrogens is 2. The molecule has 1 atom stereocenters. The van der Waals surface area contributed by atoms with Crippen LogP contribution in [0.4, 0.5) is 0 Å². The van der Waals surface area contributed by atoms with Gasteiger partial charge in [0.2, 0.25) is 0 Å². The largest absolute Gasteiger partial charge is 0.382 e. The van der Waals surface area contributed by atoms with Gasteiger partial charge >= 0.3 is 0 Å². The molecule has 2 aromatic rings. The number of carbonyl (C=O) groups is 1. The van der Waals surface area contributed by atoms with Crippen LogP contribution in [0.2, 0.25) is 0 Å². The first kappa shape index (κ1) is 18.6. The van der Waals surface area contributed by atoms with Crippen LogP contribution in [0.5, 0.6) is 0 Å². The van der Waals surface area contributed by atoms with Crippen molar-refractivity contribution in [1.82, 2.24) is 20.4 Å². The maximum Gasteiger partial charge on any atom is 0.251 e. The Morgan fingerprint density at radius 2 is 2.19 bits per heavy atom. The molecule has 3 rings (SSSR count). The Morgan fingerprint density at radius 3 is 2.88 bits per heavy atom. The SMILES string of the molecule is COC[C@H](NC(=O)c1cccc(CC2CCNCC2)c1)c1ccnn1C. The van der Waals surface area contributed by atoms with E-state index in [4.69, 9.17) is 4.74 Å². The normalized spacial score (nSPS) is 16.4. The van der Waals surface area contributed by atoms with Gasteiger partial charge in [0.15, 0.2) is 0 Å². The first-order valence-electron chi connectivity index (χ1n) is 9.24. The summed E-state index contributed by atoms with van der Waals surface area (Å²) in [5.41, 5.74) is 2.85. The van der Waals surface area contributed by atoms with Crippen molar-refractivity contribution < 1.29 is 9.53 Å². The minimum atomic E-state index is -0.229. The van der Waals surface area contributed by atoms with Crippen LogP contribution in [0, 0.1) is 5.92 Å². The molecular weight excluding hydrogens is 328 g/mol. The molecule has 1 amide bonds. The van der Waals surface area contributed by atoms with Crippen LogP contribution < -0.4 is 10.6 Å². The van der Waals surface area contributed by atoms with Gasteiger partial charge in [0, 0.05) is 25.9 Å². The van der Waals surface area contributed by atoms with Crippen molar-refractivity contribution >= 4 is 5.91 Å². The van der Waals surface area contributed by atoms with Gasteiger partial charge in [-0.15, -0.1) is 0 Å². The summed E-state index contributed by atoms with van der Waals surface area (Å²) in [6.07, 6.45) is 5.16. The molecule has 1 fully saturated rings. The van der Waals surface area contributed by atoms with E-state index in [0.717, 1.165) is 25.2 Å². The van der Waals surface area contributed by atoms with Crippen LogP contribution in [0.3, 0.4) is 0 Å². The Hall–Kier alpha value is -2.18. The Bertz CT molecular complexity index is 722. The molecule has 1 aromatic carbocycles. The number of hydrogen-bond acceptors (Lipinski definition) is 4. The third-order valence-electron chi connectivity index (χ3n) is 5.03. The summed E-state index contributed by atoms with van der Waals surface area (Å²) in [4.78, 5) is 12.8. The fraction of sp³-hybridized carbons (Fsp3) is 0.500. The molecule has 0 radical (unpaired) electrons. The first-order valence-corrected chi connectivity index (χ1v) is 9.24. The fourth-order valence-electron chi connectivity index (χ4n) is 3.59. The maximum atomic E-state index is 12.8. The number of methoxy groups -OCH3 is 1. The first-order chi connectivity index (χ1) is 12.7. The van der Waals surface area contributed by atoms with E-state index in [2.05, 4.69) is 21.8 Å². The number of carbonyl (C=O) groups excluding carboxylic acids is 1. The Morgan fingerprint density at radius 1 is 1.38 bits per heavy atom. The number of rotatable bonds is 7. The molecule has 2 N–H and O–H groups in total. The molecule has 2 heterocycles. The molecule has 0 unspecified atom stereocenters. The van der Waals surface area contributed by atoms with Crippen molar-refractivity contribution in [3.8, 4) is 0 Å². The number of benzene rings is 1. The van der Waals surface area contributed by atoms with Gasteiger partial charge in [-0.05, 0) is 62.0 Å². The van der Waals surface area contributed by atoms with Crippen molar-refractivity contribution in [3.05, 3.63) is 53.3 Å². The second-order valence-electron chi connectivity index (χ2n) is 6.96. The number of ether oxygens (including phenoxy) is 1. The Kier molecular flexibility index (Phi) is 6.41. The van der Waals surface area contributed by atoms with E-state index in [1.807, 2.05) is 31.3 Å². The highest BCUT2D eigenvalue weighted by molar-refractivity contribution is 5.94. The summed E-state index contributed by atoms with van der Waals surface area (Å²) < 4.78 is 7.04. The molecule has 1 aromatic heterocycles. The minimum Gasteiger partial charge on any atom is -0.382 e. The molecule has 0 bridgehead atoms. The van der Waals surface area contributed by atoms with Crippen LogP contribution in [-0.2, 0) is 18.2 Å². The lowest BCUT2D eigenvalue weighted by Crippen LogP contribution is -2.32. The van der Waals surface area contributed by atoms with Crippen LogP contribution in [-0.4, -0.2) is 42.5 Å². The number of aryl methyl sites for hydroxylation is 1. The number of nitrogens with zero attached hydrogens (tertiary/aromatic N) is 2. The quantitative estimate of drug-likeness (QED) is 0.797. The smallest absolute Gasteiger partial charge is 0.251 e. The zero-order valence-corrected chi connectivity index (χ0v) is 15.6. The predicted molar refractivity (Wildman–Crippen MR) is 101 cm³/mol. The minimum absolute atomic E-state index is 0.0830. The molecule has 6 nitrogen and oxygen atoms in total. The zero-order chi connectivity index (χ0) is 18.4. The van der Waals surface area contributed by atoms with Crippen molar-refractivity contribution in [1.29, 1.82) is 0 Å².